The van der Waals surface area contributed by atoms with Crippen LogP contribution in [-0.2, 0) is 0 Å². The Bertz CT molecular complexity index is 2750. The van der Waals surface area contributed by atoms with Crippen LogP contribution in [0.4, 0.5) is 0 Å². The lowest BCUT2D eigenvalue weighted by Gasteiger charge is -2.22. The van der Waals surface area contributed by atoms with Gasteiger partial charge in [0.25, 0.3) is 0 Å². The minimum absolute atomic E-state index is 0.247. The summed E-state index contributed by atoms with van der Waals surface area (Å²) in [6, 6.07) is 53.0. The van der Waals surface area contributed by atoms with Gasteiger partial charge < -0.3 is 0 Å². The quantitative estimate of drug-likeness (QED) is 0.0385. The van der Waals surface area contributed by atoms with Gasteiger partial charge in [0.1, 0.15) is 0 Å². The second-order valence-corrected chi connectivity index (χ2v) is 15.5. The molecule has 0 amide bonds. The van der Waals surface area contributed by atoms with Gasteiger partial charge in [0.15, 0.2) is 5.82 Å². The lowest BCUT2D eigenvalue weighted by atomic mass is 9.85. The fourth-order valence-corrected chi connectivity index (χ4v) is 8.10. The van der Waals surface area contributed by atoms with Crippen LogP contribution in [0.3, 0.4) is 0 Å². The van der Waals surface area contributed by atoms with Gasteiger partial charge in [0, 0.05) is 33.4 Å². The maximum absolute atomic E-state index is 5.61. The summed E-state index contributed by atoms with van der Waals surface area (Å²) in [6.07, 6.45) is 13.1. The average molecular weight is 766 g/mol. The topological polar surface area (TPSA) is 38.1 Å². The van der Waals surface area contributed by atoms with E-state index >= 15 is 0 Å². The highest BCUT2D eigenvalue weighted by molar-refractivity contribution is 6.16. The van der Waals surface area contributed by atoms with Gasteiger partial charge in [0.05, 0.1) is 22.6 Å². The molecule has 1 aliphatic rings. The van der Waals surface area contributed by atoms with Crippen molar-refractivity contribution in [2.45, 2.75) is 52.4 Å². The van der Waals surface area contributed by atoms with E-state index in [9.17, 15) is 0 Å². The first-order valence-electron chi connectivity index (χ1n) is 21.0. The largest absolute Gasteiger partial charge is 0.247 e. The molecule has 0 spiro atoms. The summed E-state index contributed by atoms with van der Waals surface area (Å²) >= 11 is 0. The third-order valence-electron chi connectivity index (χ3n) is 11.4. The molecule has 1 heterocycles. The molecule has 290 valence electrons. The molecular weight excluding hydrogens is 715 g/mol. The van der Waals surface area contributed by atoms with Crippen molar-refractivity contribution in [2.75, 3.05) is 0 Å². The van der Waals surface area contributed by atoms with Crippen LogP contribution in [-0.4, -0.2) is 15.7 Å². The van der Waals surface area contributed by atoms with Crippen LogP contribution < -0.4 is 0 Å². The molecule has 0 aliphatic heterocycles. The number of aromatic nitrogens is 2. The highest BCUT2D eigenvalue weighted by Gasteiger charge is 2.21. The normalized spacial score (nSPS) is 15.0. The molecule has 3 heteroatoms. The number of hydrogen-bond acceptors (Lipinski definition) is 3. The molecular formula is C56H51N3. The molecule has 1 unspecified atom stereocenters. The van der Waals surface area contributed by atoms with Crippen molar-refractivity contribution in [2.24, 2.45) is 10.9 Å². The van der Waals surface area contributed by atoms with Crippen molar-refractivity contribution in [1.82, 2.24) is 9.97 Å². The number of unbranched alkanes of at least 4 members (excludes halogenated alkanes) is 1. The molecule has 0 saturated heterocycles. The Hall–Kier alpha value is -6.71. The van der Waals surface area contributed by atoms with Crippen molar-refractivity contribution in [1.29, 1.82) is 0 Å². The monoisotopic (exact) mass is 765 g/mol. The number of nitrogens with zero attached hydrogens (tertiary/aromatic N) is 3. The zero-order chi connectivity index (χ0) is 40.6. The number of fused-ring (bicyclic) bond motifs is 3. The fraction of sp³-hybridized carbons (Fsp3) is 0.161. The van der Waals surface area contributed by atoms with Crippen LogP contribution >= 0.6 is 0 Å². The molecule has 0 bridgehead atoms. The molecule has 1 aromatic heterocycles. The first-order valence-corrected chi connectivity index (χ1v) is 21.0. The number of allylic oxidation sites excluding steroid dienone is 7. The zero-order valence-corrected chi connectivity index (χ0v) is 34.2. The first-order chi connectivity index (χ1) is 29.0. The predicted molar refractivity (Wildman–Crippen MR) is 253 cm³/mol. The summed E-state index contributed by atoms with van der Waals surface area (Å²) in [5.74, 6) is 0.989. The van der Waals surface area contributed by atoms with Gasteiger partial charge in [0.2, 0.25) is 0 Å². The van der Waals surface area contributed by atoms with Crippen molar-refractivity contribution in [3.05, 3.63) is 217 Å². The maximum atomic E-state index is 5.61. The summed E-state index contributed by atoms with van der Waals surface area (Å²) in [5, 5.41) is 3.33. The van der Waals surface area contributed by atoms with Gasteiger partial charge in [-0.15, -0.1) is 0 Å². The third-order valence-corrected chi connectivity index (χ3v) is 11.4. The molecule has 0 saturated carbocycles. The van der Waals surface area contributed by atoms with Crippen molar-refractivity contribution < 1.29 is 0 Å². The number of aliphatic imine (C=N–C) groups is 1. The van der Waals surface area contributed by atoms with E-state index < -0.39 is 0 Å². The smallest absolute Gasteiger partial charge is 0.156 e. The second-order valence-electron chi connectivity index (χ2n) is 15.5. The van der Waals surface area contributed by atoms with Crippen LogP contribution in [0.1, 0.15) is 80.5 Å². The van der Waals surface area contributed by atoms with Crippen LogP contribution in [0.2, 0.25) is 0 Å². The molecule has 3 nitrogen and oxygen atoms in total. The lowest BCUT2D eigenvalue weighted by molar-refractivity contribution is 0.620. The Labute approximate surface area is 349 Å². The van der Waals surface area contributed by atoms with E-state index in [1.807, 2.05) is 6.07 Å². The van der Waals surface area contributed by atoms with Gasteiger partial charge in [-0.3, -0.25) is 0 Å². The molecule has 6 aromatic carbocycles. The Morgan fingerprint density at radius 2 is 1.39 bits per heavy atom. The Morgan fingerprint density at radius 3 is 2.12 bits per heavy atom. The summed E-state index contributed by atoms with van der Waals surface area (Å²) in [6.45, 7) is 13.8. The van der Waals surface area contributed by atoms with Crippen molar-refractivity contribution >= 4 is 49.8 Å². The highest BCUT2D eigenvalue weighted by atomic mass is 14.9. The molecule has 0 radical (unpaired) electrons. The SMILES string of the molecule is C=C(/C=C(\CCCC)c1nc(-c2ccccc2)c2ccc3ccccc3c2n1)c1cccc(/C(N=C(C(=C)C2C=CCCC2)c2ccccc2)=C(/C)c2ccccc2)c1. The standard InChI is InChI=1S/C56H51N3/c1-5-6-22-49(56-58-54(46-30-17-10-18-31-46)51-36-35-44-27-19-20-34-50(44)55(51)59-56)37-39(2)47-32-21-33-48(38-47)53(41(4)43-25-13-8-14-26-43)57-52(45-28-15-9-16-29-45)40(3)42-23-11-7-12-24-42/h8-11,13-21,23,25-38,42H,2-3,5-7,12,22,24H2,1,4H3/b49-37+,53-41+,57-52?. The van der Waals surface area contributed by atoms with E-state index in [2.05, 4.69) is 191 Å². The van der Waals surface area contributed by atoms with Gasteiger partial charge in [-0.25, -0.2) is 15.0 Å². The van der Waals surface area contributed by atoms with Crippen LogP contribution in [0.25, 0.3) is 55.3 Å². The molecule has 7 aromatic rings. The van der Waals surface area contributed by atoms with E-state index in [0.29, 0.717) is 0 Å². The summed E-state index contributed by atoms with van der Waals surface area (Å²) in [5.41, 5.74) is 13.2. The summed E-state index contributed by atoms with van der Waals surface area (Å²) < 4.78 is 0. The Balaban J connectivity index is 1.26. The van der Waals surface area contributed by atoms with Crippen LogP contribution in [0.15, 0.2) is 194 Å². The molecule has 1 aliphatic carbocycles. The minimum atomic E-state index is 0.247. The molecule has 1 atom stereocenters. The van der Waals surface area contributed by atoms with Crippen LogP contribution in [0, 0.1) is 5.92 Å². The van der Waals surface area contributed by atoms with Gasteiger partial charge in [-0.05, 0) is 96.0 Å². The molecule has 0 fully saturated rings. The first kappa shape index (κ1) is 39.1. The predicted octanol–water partition coefficient (Wildman–Crippen LogP) is 15.0. The Morgan fingerprint density at radius 1 is 0.712 bits per heavy atom. The van der Waals surface area contributed by atoms with Gasteiger partial charge in [-0.2, -0.15) is 0 Å². The third kappa shape index (κ3) is 8.76. The van der Waals surface area contributed by atoms with E-state index in [4.69, 9.17) is 15.0 Å². The summed E-state index contributed by atoms with van der Waals surface area (Å²) in [7, 11) is 0. The molecule has 8 rings (SSSR count). The summed E-state index contributed by atoms with van der Waals surface area (Å²) in [4.78, 5) is 16.3. The van der Waals surface area contributed by atoms with Crippen molar-refractivity contribution in [3.63, 3.8) is 0 Å². The fourth-order valence-electron chi connectivity index (χ4n) is 8.10. The van der Waals surface area contributed by atoms with Crippen LogP contribution in [0.5, 0.6) is 0 Å². The second kappa shape index (κ2) is 18.3. The number of rotatable bonds is 13. The molecule has 59 heavy (non-hydrogen) atoms. The maximum Gasteiger partial charge on any atom is 0.156 e. The van der Waals surface area contributed by atoms with E-state index in [0.717, 1.165) is 133 Å². The average Bonchev–Trinajstić information content (AvgIpc) is 3.31. The van der Waals surface area contributed by atoms with Gasteiger partial charge >= 0.3 is 0 Å². The van der Waals surface area contributed by atoms with Crippen molar-refractivity contribution in [3.8, 4) is 11.3 Å². The molecule has 0 N–H and O–H groups in total. The highest BCUT2D eigenvalue weighted by Crippen LogP contribution is 2.36. The number of benzene rings is 6. The minimum Gasteiger partial charge on any atom is -0.247 e. The number of hydrogen-bond donors (Lipinski definition) is 0. The van der Waals surface area contributed by atoms with E-state index in [1.165, 1.54) is 0 Å². The zero-order valence-electron chi connectivity index (χ0n) is 34.2. The lowest BCUT2D eigenvalue weighted by Crippen LogP contribution is -2.14. The Kier molecular flexibility index (Phi) is 12.1. The van der Waals surface area contributed by atoms with E-state index in [-0.39, 0.29) is 5.92 Å². The van der Waals surface area contributed by atoms with Gasteiger partial charge in [-0.1, -0.05) is 178 Å². The van der Waals surface area contributed by atoms with E-state index in [1.54, 1.807) is 0 Å².